The average molecular weight is 294 g/mol. The van der Waals surface area contributed by atoms with Gasteiger partial charge in [0, 0.05) is 12.6 Å². The van der Waals surface area contributed by atoms with Gasteiger partial charge in [0.2, 0.25) is 11.8 Å². The number of hydrogen-bond acceptors (Lipinski definition) is 3. The highest BCUT2D eigenvalue weighted by Crippen LogP contribution is 2.30. The Morgan fingerprint density at radius 2 is 1.90 bits per heavy atom. The predicted octanol–water partition coefficient (Wildman–Crippen LogP) is 1.46. The van der Waals surface area contributed by atoms with Gasteiger partial charge in [0.25, 0.3) is 0 Å². The van der Waals surface area contributed by atoms with Crippen molar-refractivity contribution < 1.29 is 14.3 Å². The Morgan fingerprint density at radius 1 is 1.14 bits per heavy atom. The fourth-order valence-electron chi connectivity index (χ4n) is 4.05. The maximum absolute atomic E-state index is 12.8. The Bertz CT molecular complexity index is 406. The van der Waals surface area contributed by atoms with Gasteiger partial charge < -0.3 is 15.0 Å². The van der Waals surface area contributed by atoms with Crippen LogP contribution < -0.4 is 5.32 Å². The highest BCUT2D eigenvalue weighted by molar-refractivity contribution is 5.95. The fraction of sp³-hybridized carbons (Fsp3) is 0.875. The summed E-state index contributed by atoms with van der Waals surface area (Å²) in [5, 5.41) is 2.95. The largest absolute Gasteiger partial charge is 0.378 e. The van der Waals surface area contributed by atoms with Gasteiger partial charge in [-0.2, -0.15) is 0 Å². The van der Waals surface area contributed by atoms with E-state index in [1.807, 2.05) is 11.8 Å². The van der Waals surface area contributed by atoms with Crippen LogP contribution in [0.25, 0.3) is 0 Å². The second-order valence-corrected chi connectivity index (χ2v) is 6.77. The van der Waals surface area contributed by atoms with Crippen molar-refractivity contribution in [2.75, 3.05) is 13.2 Å². The maximum Gasteiger partial charge on any atom is 0.246 e. The summed E-state index contributed by atoms with van der Waals surface area (Å²) in [6.07, 6.45) is 7.61. The first-order chi connectivity index (χ1) is 10.1. The van der Waals surface area contributed by atoms with Crippen molar-refractivity contribution in [3.8, 4) is 0 Å². The number of rotatable bonds is 2. The number of ether oxygens (including phenoxy) is 1. The van der Waals surface area contributed by atoms with Gasteiger partial charge in [-0.3, -0.25) is 9.59 Å². The monoisotopic (exact) mass is 294 g/mol. The average Bonchev–Trinajstić information content (AvgIpc) is 2.50. The second-order valence-electron chi connectivity index (χ2n) is 6.77. The van der Waals surface area contributed by atoms with Crippen molar-refractivity contribution in [1.82, 2.24) is 10.2 Å². The summed E-state index contributed by atoms with van der Waals surface area (Å²) in [6, 6.07) is -0.122. The fourth-order valence-corrected chi connectivity index (χ4v) is 4.05. The number of nitrogens with zero attached hydrogens (tertiary/aromatic N) is 1. The van der Waals surface area contributed by atoms with Gasteiger partial charge >= 0.3 is 0 Å². The van der Waals surface area contributed by atoms with E-state index in [2.05, 4.69) is 5.32 Å². The lowest BCUT2D eigenvalue weighted by molar-refractivity contribution is -0.151. The first-order valence-corrected chi connectivity index (χ1v) is 8.36. The number of nitrogens with one attached hydrogen (secondary N) is 1. The molecule has 1 N–H and O–H groups in total. The molecule has 0 bridgehead atoms. The Balaban J connectivity index is 1.71. The first-order valence-electron chi connectivity index (χ1n) is 8.36. The molecule has 5 nitrogen and oxygen atoms in total. The summed E-state index contributed by atoms with van der Waals surface area (Å²) in [4.78, 5) is 26.7. The van der Waals surface area contributed by atoms with Crippen LogP contribution in [0, 0.1) is 5.92 Å². The molecule has 3 atom stereocenters. The highest BCUT2D eigenvalue weighted by Gasteiger charge is 2.41. The summed E-state index contributed by atoms with van der Waals surface area (Å²) in [5.41, 5.74) is 0. The minimum Gasteiger partial charge on any atom is -0.378 e. The Morgan fingerprint density at radius 3 is 2.62 bits per heavy atom. The zero-order valence-corrected chi connectivity index (χ0v) is 12.8. The van der Waals surface area contributed by atoms with E-state index in [1.165, 1.54) is 19.3 Å². The van der Waals surface area contributed by atoms with E-state index in [0.717, 1.165) is 25.7 Å². The minimum absolute atomic E-state index is 0.00400. The van der Waals surface area contributed by atoms with E-state index < -0.39 is 0 Å². The quantitative estimate of drug-likeness (QED) is 0.839. The molecule has 118 valence electrons. The zero-order valence-electron chi connectivity index (χ0n) is 12.8. The van der Waals surface area contributed by atoms with Gasteiger partial charge in [-0.15, -0.1) is 0 Å². The van der Waals surface area contributed by atoms with E-state index in [-0.39, 0.29) is 36.5 Å². The van der Waals surface area contributed by atoms with Gasteiger partial charge in [-0.05, 0) is 38.5 Å². The van der Waals surface area contributed by atoms with Crippen molar-refractivity contribution in [2.24, 2.45) is 5.92 Å². The number of piperazine rings is 1. The van der Waals surface area contributed by atoms with Crippen molar-refractivity contribution in [3.63, 3.8) is 0 Å². The topological polar surface area (TPSA) is 58.6 Å². The lowest BCUT2D eigenvalue weighted by atomic mass is 9.82. The molecule has 2 saturated heterocycles. The van der Waals surface area contributed by atoms with Gasteiger partial charge in [0.15, 0.2) is 0 Å². The Labute approximate surface area is 126 Å². The molecule has 3 rings (SSSR count). The van der Waals surface area contributed by atoms with E-state index in [1.54, 1.807) is 0 Å². The standard InChI is InChI=1S/C16H26N2O3/c1-11-9-13(7-8-21-11)18-10-14(19)17-15(16(18)20)12-5-3-2-4-6-12/h11-13,15H,2-10H2,1H3,(H,17,19). The molecular formula is C16H26N2O3. The van der Waals surface area contributed by atoms with E-state index in [9.17, 15) is 9.59 Å². The molecule has 0 aromatic carbocycles. The summed E-state index contributed by atoms with van der Waals surface area (Å²) < 4.78 is 5.57. The molecule has 0 radical (unpaired) electrons. The lowest BCUT2D eigenvalue weighted by Gasteiger charge is -2.43. The normalized spacial score (nSPS) is 35.7. The minimum atomic E-state index is -0.287. The zero-order chi connectivity index (χ0) is 14.8. The van der Waals surface area contributed by atoms with Crippen molar-refractivity contribution in [3.05, 3.63) is 0 Å². The van der Waals surface area contributed by atoms with Crippen LogP contribution in [-0.4, -0.2) is 48.1 Å². The summed E-state index contributed by atoms with van der Waals surface area (Å²) in [7, 11) is 0. The molecule has 1 aliphatic carbocycles. The van der Waals surface area contributed by atoms with Gasteiger partial charge in [-0.1, -0.05) is 19.3 Å². The summed E-state index contributed by atoms with van der Waals surface area (Å²) in [6.45, 7) is 2.95. The molecule has 5 heteroatoms. The smallest absolute Gasteiger partial charge is 0.246 e. The molecule has 2 aliphatic heterocycles. The number of carbonyl (C=O) groups is 2. The van der Waals surface area contributed by atoms with E-state index in [4.69, 9.17) is 4.74 Å². The van der Waals surface area contributed by atoms with Gasteiger partial charge in [-0.25, -0.2) is 0 Å². The van der Waals surface area contributed by atoms with Crippen molar-refractivity contribution in [1.29, 1.82) is 0 Å². The highest BCUT2D eigenvalue weighted by atomic mass is 16.5. The summed E-state index contributed by atoms with van der Waals surface area (Å²) in [5.74, 6) is 0.472. The Hall–Kier alpha value is -1.10. The Kier molecular flexibility index (Phi) is 4.48. The van der Waals surface area contributed by atoms with Crippen LogP contribution in [0.4, 0.5) is 0 Å². The molecule has 21 heavy (non-hydrogen) atoms. The molecular weight excluding hydrogens is 268 g/mol. The van der Waals surface area contributed by atoms with Crippen molar-refractivity contribution in [2.45, 2.75) is 70.1 Å². The number of carbonyl (C=O) groups excluding carboxylic acids is 2. The molecule has 3 fully saturated rings. The second kappa shape index (κ2) is 6.34. The molecule has 0 spiro atoms. The van der Waals surface area contributed by atoms with Crippen LogP contribution in [0.3, 0.4) is 0 Å². The molecule has 3 unspecified atom stereocenters. The lowest BCUT2D eigenvalue weighted by Crippen LogP contribution is -2.63. The third kappa shape index (κ3) is 3.23. The molecule has 0 aromatic rings. The predicted molar refractivity (Wildman–Crippen MR) is 78.7 cm³/mol. The van der Waals surface area contributed by atoms with Gasteiger partial charge in [0.1, 0.15) is 6.04 Å². The molecule has 2 amide bonds. The molecule has 0 aromatic heterocycles. The number of amides is 2. The number of hydrogen-bond donors (Lipinski definition) is 1. The molecule has 2 heterocycles. The van der Waals surface area contributed by atoms with Crippen LogP contribution in [0.15, 0.2) is 0 Å². The summed E-state index contributed by atoms with van der Waals surface area (Å²) >= 11 is 0. The van der Waals surface area contributed by atoms with Crippen molar-refractivity contribution >= 4 is 11.8 Å². The maximum atomic E-state index is 12.8. The molecule has 3 aliphatic rings. The van der Waals surface area contributed by atoms with Crippen LogP contribution in [0.1, 0.15) is 51.9 Å². The van der Waals surface area contributed by atoms with Gasteiger partial charge in [0.05, 0.1) is 12.6 Å². The van der Waals surface area contributed by atoms with E-state index >= 15 is 0 Å². The SMILES string of the molecule is CC1CC(N2CC(=O)NC(C3CCCCC3)C2=O)CCO1. The van der Waals surface area contributed by atoms with Crippen LogP contribution in [-0.2, 0) is 14.3 Å². The third-order valence-corrected chi connectivity index (χ3v) is 5.20. The van der Waals surface area contributed by atoms with E-state index in [0.29, 0.717) is 12.5 Å². The molecule has 1 saturated carbocycles. The van der Waals surface area contributed by atoms with Crippen LogP contribution in [0.5, 0.6) is 0 Å². The third-order valence-electron chi connectivity index (χ3n) is 5.20. The first kappa shape index (κ1) is 14.8. The van der Waals surface area contributed by atoms with Crippen LogP contribution >= 0.6 is 0 Å². The van der Waals surface area contributed by atoms with Crippen LogP contribution in [0.2, 0.25) is 0 Å².